The Hall–Kier alpha value is -2.02. The molecule has 0 aliphatic heterocycles. The average Bonchev–Trinajstić information content (AvgIpc) is 2.28. The van der Waals surface area contributed by atoms with Gasteiger partial charge >= 0.3 is 11.7 Å². The number of fused-ring (bicyclic) bond motifs is 1. The van der Waals surface area contributed by atoms with Crippen LogP contribution in [0.1, 0.15) is 6.92 Å². The van der Waals surface area contributed by atoms with E-state index in [1.807, 2.05) is 0 Å². The van der Waals surface area contributed by atoms with Gasteiger partial charge in [0, 0.05) is 11.4 Å². The van der Waals surface area contributed by atoms with Crippen molar-refractivity contribution >= 4 is 38.5 Å². The van der Waals surface area contributed by atoms with Crippen LogP contribution < -0.4 is 4.74 Å². The first-order valence-corrected chi connectivity index (χ1v) is 5.69. The molecule has 0 spiro atoms. The van der Waals surface area contributed by atoms with Crippen LogP contribution in [0.3, 0.4) is 0 Å². The number of carbonyl (C=O) groups is 1. The number of ether oxygens (including phenoxy) is 1. The van der Waals surface area contributed by atoms with Crippen molar-refractivity contribution in [1.29, 1.82) is 0 Å². The predicted octanol–water partition coefficient (Wildman–Crippen LogP) is 2.83. The van der Waals surface area contributed by atoms with Crippen molar-refractivity contribution in [2.24, 2.45) is 0 Å². The number of hydrogen-bond donors (Lipinski definition) is 0. The van der Waals surface area contributed by atoms with Crippen molar-refractivity contribution in [3.63, 3.8) is 0 Å². The third-order valence-electron chi connectivity index (χ3n) is 2.20. The van der Waals surface area contributed by atoms with Gasteiger partial charge in [0.05, 0.1) is 15.8 Å². The van der Waals surface area contributed by atoms with Crippen molar-refractivity contribution in [3.05, 3.63) is 39.0 Å². The van der Waals surface area contributed by atoms with Crippen molar-refractivity contribution in [3.8, 4) is 5.75 Å². The van der Waals surface area contributed by atoms with E-state index in [-0.39, 0.29) is 11.4 Å². The molecule has 92 valence electrons. The number of hydrogen-bond acceptors (Lipinski definition) is 5. The summed E-state index contributed by atoms with van der Waals surface area (Å²) in [6.45, 7) is 1.19. The van der Waals surface area contributed by atoms with Crippen molar-refractivity contribution in [2.45, 2.75) is 6.92 Å². The van der Waals surface area contributed by atoms with E-state index in [1.165, 1.54) is 6.92 Å². The van der Waals surface area contributed by atoms with E-state index in [0.29, 0.717) is 15.4 Å². The minimum atomic E-state index is -0.633. The van der Waals surface area contributed by atoms with Crippen LogP contribution in [0, 0.1) is 10.1 Å². The Kier molecular flexibility index (Phi) is 3.24. The molecule has 0 bridgehead atoms. The molecule has 0 unspecified atom stereocenters. The minimum absolute atomic E-state index is 0.0844. The Balaban J connectivity index is 2.78. The first-order chi connectivity index (χ1) is 8.49. The fourth-order valence-electron chi connectivity index (χ4n) is 1.51. The number of pyridine rings is 1. The second kappa shape index (κ2) is 4.69. The van der Waals surface area contributed by atoms with E-state index in [4.69, 9.17) is 4.74 Å². The van der Waals surface area contributed by atoms with Gasteiger partial charge in [-0.05, 0) is 18.2 Å². The molecule has 1 aromatic carbocycles. The lowest BCUT2D eigenvalue weighted by Crippen LogP contribution is -2.05. The lowest BCUT2D eigenvalue weighted by molar-refractivity contribution is -0.385. The molecule has 0 aliphatic rings. The highest BCUT2D eigenvalue weighted by Crippen LogP contribution is 2.35. The number of carbonyl (C=O) groups excluding carboxylic acids is 1. The molecule has 2 aromatic rings. The number of rotatable bonds is 2. The summed E-state index contributed by atoms with van der Waals surface area (Å²) in [4.78, 5) is 25.3. The molecule has 18 heavy (non-hydrogen) atoms. The minimum Gasteiger partial charge on any atom is -0.419 e. The van der Waals surface area contributed by atoms with Crippen LogP contribution in [0.5, 0.6) is 5.75 Å². The van der Waals surface area contributed by atoms with Crippen LogP contribution in [-0.2, 0) is 4.79 Å². The molecule has 1 heterocycles. The van der Waals surface area contributed by atoms with Gasteiger partial charge in [-0.3, -0.25) is 14.9 Å². The topological polar surface area (TPSA) is 82.3 Å². The van der Waals surface area contributed by atoms with E-state index in [2.05, 4.69) is 20.9 Å². The molecular weight excluding hydrogens is 304 g/mol. The zero-order valence-electron chi connectivity index (χ0n) is 9.21. The molecule has 0 saturated carbocycles. The lowest BCUT2D eigenvalue weighted by atomic mass is 10.2. The van der Waals surface area contributed by atoms with Crippen LogP contribution in [0.2, 0.25) is 0 Å². The van der Waals surface area contributed by atoms with Gasteiger partial charge < -0.3 is 4.74 Å². The first-order valence-electron chi connectivity index (χ1n) is 4.90. The van der Waals surface area contributed by atoms with Crippen molar-refractivity contribution < 1.29 is 14.5 Å². The zero-order valence-corrected chi connectivity index (χ0v) is 10.8. The Bertz CT molecular complexity index is 657. The average molecular weight is 311 g/mol. The monoisotopic (exact) mass is 310 g/mol. The van der Waals surface area contributed by atoms with Gasteiger partial charge in [0.15, 0.2) is 0 Å². The van der Waals surface area contributed by atoms with E-state index < -0.39 is 10.9 Å². The molecule has 0 saturated heterocycles. The molecule has 2 rings (SSSR count). The van der Waals surface area contributed by atoms with Crippen molar-refractivity contribution in [2.75, 3.05) is 0 Å². The second-order valence-corrected chi connectivity index (χ2v) is 4.40. The summed E-state index contributed by atoms with van der Waals surface area (Å²) in [6.07, 6.45) is 1.08. The molecule has 0 aliphatic carbocycles. The molecule has 0 radical (unpaired) electrons. The van der Waals surface area contributed by atoms with Gasteiger partial charge in [-0.1, -0.05) is 15.9 Å². The summed E-state index contributed by atoms with van der Waals surface area (Å²) in [7, 11) is 0. The Morgan fingerprint density at radius 2 is 2.22 bits per heavy atom. The van der Waals surface area contributed by atoms with Crippen LogP contribution in [-0.4, -0.2) is 15.9 Å². The van der Waals surface area contributed by atoms with Gasteiger partial charge in [0.2, 0.25) is 5.75 Å². The lowest BCUT2D eigenvalue weighted by Gasteiger charge is -2.06. The SMILES string of the molecule is CC(=O)Oc1c([N+](=O)[O-])cnc2ccc(Br)cc12. The smallest absolute Gasteiger partial charge is 0.330 e. The molecule has 1 aromatic heterocycles. The molecule has 0 atom stereocenters. The van der Waals surface area contributed by atoms with E-state index in [1.54, 1.807) is 18.2 Å². The fraction of sp³-hybridized carbons (Fsp3) is 0.0909. The molecule has 0 N–H and O–H groups in total. The third kappa shape index (κ3) is 2.30. The normalized spacial score (nSPS) is 10.3. The van der Waals surface area contributed by atoms with Gasteiger partial charge in [0.1, 0.15) is 6.20 Å². The maximum absolute atomic E-state index is 11.0. The highest BCUT2D eigenvalue weighted by Gasteiger charge is 2.21. The van der Waals surface area contributed by atoms with Gasteiger partial charge in [0.25, 0.3) is 0 Å². The summed E-state index contributed by atoms with van der Waals surface area (Å²) < 4.78 is 5.65. The number of nitrogens with zero attached hydrogens (tertiary/aromatic N) is 2. The summed E-state index contributed by atoms with van der Waals surface area (Å²) in [5, 5.41) is 11.3. The second-order valence-electron chi connectivity index (χ2n) is 3.48. The molecular formula is C11H7BrN2O4. The quantitative estimate of drug-likeness (QED) is 0.484. The maximum Gasteiger partial charge on any atom is 0.330 e. The van der Waals surface area contributed by atoms with E-state index in [9.17, 15) is 14.9 Å². The van der Waals surface area contributed by atoms with Crippen LogP contribution in [0.25, 0.3) is 10.9 Å². The summed E-state index contributed by atoms with van der Waals surface area (Å²) >= 11 is 3.26. The number of nitro groups is 1. The number of benzene rings is 1. The maximum atomic E-state index is 11.0. The van der Waals surface area contributed by atoms with Gasteiger partial charge in [-0.2, -0.15) is 0 Å². The summed E-state index contributed by atoms with van der Waals surface area (Å²) in [5.41, 5.74) is 0.177. The Labute approximate surface area is 110 Å². The van der Waals surface area contributed by atoms with Gasteiger partial charge in [-0.15, -0.1) is 0 Å². The van der Waals surface area contributed by atoms with E-state index >= 15 is 0 Å². The third-order valence-corrected chi connectivity index (χ3v) is 2.70. The largest absolute Gasteiger partial charge is 0.419 e. The Morgan fingerprint density at radius 3 is 2.83 bits per heavy atom. The zero-order chi connectivity index (χ0) is 13.3. The van der Waals surface area contributed by atoms with E-state index in [0.717, 1.165) is 6.20 Å². The standard InChI is InChI=1S/C11H7BrN2O4/c1-6(15)18-11-8-4-7(12)2-3-9(8)13-5-10(11)14(16)17/h2-5H,1H3. The highest BCUT2D eigenvalue weighted by molar-refractivity contribution is 9.10. The van der Waals surface area contributed by atoms with Crippen molar-refractivity contribution in [1.82, 2.24) is 4.98 Å². The number of aromatic nitrogens is 1. The van der Waals surface area contributed by atoms with Crippen LogP contribution in [0.15, 0.2) is 28.9 Å². The van der Waals surface area contributed by atoms with Crippen LogP contribution >= 0.6 is 15.9 Å². The summed E-state index contributed by atoms with van der Waals surface area (Å²) in [5.74, 6) is -0.704. The fourth-order valence-corrected chi connectivity index (χ4v) is 1.87. The van der Waals surface area contributed by atoms with Gasteiger partial charge in [-0.25, -0.2) is 4.98 Å². The molecule has 7 heteroatoms. The Morgan fingerprint density at radius 1 is 1.50 bits per heavy atom. The molecule has 0 fully saturated rings. The highest BCUT2D eigenvalue weighted by atomic mass is 79.9. The molecule has 0 amide bonds. The summed E-state index contributed by atoms with van der Waals surface area (Å²) in [6, 6.07) is 5.04. The van der Waals surface area contributed by atoms with Crippen LogP contribution in [0.4, 0.5) is 5.69 Å². The molecule has 6 nitrogen and oxygen atoms in total. The first kappa shape index (κ1) is 12.4. The number of esters is 1. The number of halogens is 1. The predicted molar refractivity (Wildman–Crippen MR) is 67.4 cm³/mol.